The van der Waals surface area contributed by atoms with Crippen LogP contribution >= 0.6 is 0 Å². The minimum Gasteiger partial charge on any atom is -0.306 e. The second kappa shape index (κ2) is 7.94. The van der Waals surface area contributed by atoms with Crippen LogP contribution in [0.5, 0.6) is 0 Å². The van der Waals surface area contributed by atoms with Gasteiger partial charge in [0.25, 0.3) is 0 Å². The Balaban J connectivity index is 2.36. The van der Waals surface area contributed by atoms with Gasteiger partial charge in [0.05, 0.1) is 6.04 Å². The fraction of sp³-hybridized carbons (Fsp3) is 0.421. The van der Waals surface area contributed by atoms with E-state index >= 15 is 0 Å². The van der Waals surface area contributed by atoms with Crippen LogP contribution < -0.4 is 5.32 Å². The molecule has 1 aromatic heterocycles. The van der Waals surface area contributed by atoms with E-state index in [4.69, 9.17) is 0 Å². The van der Waals surface area contributed by atoms with Crippen LogP contribution in [0.25, 0.3) is 0 Å². The van der Waals surface area contributed by atoms with Crippen molar-refractivity contribution in [1.29, 1.82) is 0 Å². The summed E-state index contributed by atoms with van der Waals surface area (Å²) in [6.45, 7) is 7.59. The first-order valence-electron chi connectivity index (χ1n) is 7.99. The molecular weight excluding hydrogens is 256 g/mol. The zero-order valence-electron chi connectivity index (χ0n) is 13.4. The van der Waals surface area contributed by atoms with E-state index in [2.05, 4.69) is 61.4 Å². The fourth-order valence-corrected chi connectivity index (χ4v) is 2.72. The molecule has 0 radical (unpaired) electrons. The van der Waals surface area contributed by atoms with Gasteiger partial charge in [-0.1, -0.05) is 44.5 Å². The molecule has 21 heavy (non-hydrogen) atoms. The molecule has 0 aliphatic rings. The van der Waals surface area contributed by atoms with Gasteiger partial charge in [-0.2, -0.15) is 0 Å². The van der Waals surface area contributed by atoms with Crippen LogP contribution in [0.2, 0.25) is 0 Å². The van der Waals surface area contributed by atoms with Gasteiger partial charge < -0.3 is 5.32 Å². The lowest BCUT2D eigenvalue weighted by molar-refractivity contribution is 0.595. The monoisotopic (exact) mass is 282 g/mol. The van der Waals surface area contributed by atoms with E-state index in [1.807, 2.05) is 12.4 Å². The summed E-state index contributed by atoms with van der Waals surface area (Å²) >= 11 is 0. The Hall–Kier alpha value is -1.67. The lowest BCUT2D eigenvalue weighted by Crippen LogP contribution is -2.24. The molecule has 2 aromatic rings. The van der Waals surface area contributed by atoms with Crippen LogP contribution in [0.1, 0.15) is 55.0 Å². The van der Waals surface area contributed by atoms with E-state index in [1.165, 1.54) is 28.7 Å². The zero-order chi connectivity index (χ0) is 15.1. The summed E-state index contributed by atoms with van der Waals surface area (Å²) in [7, 11) is 0. The van der Waals surface area contributed by atoms with Crippen LogP contribution in [0.3, 0.4) is 0 Å². The minimum atomic E-state index is 0.254. The molecule has 1 atom stereocenters. The number of pyridine rings is 1. The summed E-state index contributed by atoms with van der Waals surface area (Å²) in [4.78, 5) is 4.22. The maximum absolute atomic E-state index is 4.22. The molecule has 1 unspecified atom stereocenters. The number of hydrogen-bond acceptors (Lipinski definition) is 2. The molecule has 0 bridgehead atoms. The average molecular weight is 282 g/mol. The predicted octanol–water partition coefficient (Wildman–Crippen LogP) is 4.43. The summed E-state index contributed by atoms with van der Waals surface area (Å²) in [5, 5.41) is 3.68. The van der Waals surface area contributed by atoms with Gasteiger partial charge in [0.2, 0.25) is 0 Å². The topological polar surface area (TPSA) is 24.9 Å². The largest absolute Gasteiger partial charge is 0.306 e. The first-order valence-corrected chi connectivity index (χ1v) is 7.99. The lowest BCUT2D eigenvalue weighted by Gasteiger charge is -2.22. The van der Waals surface area contributed by atoms with Crippen molar-refractivity contribution in [1.82, 2.24) is 10.3 Å². The third-order valence-corrected chi connectivity index (χ3v) is 3.80. The maximum atomic E-state index is 4.22. The molecule has 0 aliphatic carbocycles. The van der Waals surface area contributed by atoms with Gasteiger partial charge in [0, 0.05) is 12.4 Å². The summed E-state index contributed by atoms with van der Waals surface area (Å²) in [6, 6.07) is 11.4. The third-order valence-electron chi connectivity index (χ3n) is 3.80. The number of aryl methyl sites for hydroxylation is 2. The van der Waals surface area contributed by atoms with Crippen molar-refractivity contribution in [2.24, 2.45) is 0 Å². The van der Waals surface area contributed by atoms with Crippen LogP contribution in [0, 0.1) is 6.92 Å². The van der Waals surface area contributed by atoms with E-state index in [1.54, 1.807) is 0 Å². The lowest BCUT2D eigenvalue weighted by atomic mass is 9.94. The molecule has 0 aliphatic heterocycles. The van der Waals surface area contributed by atoms with Gasteiger partial charge in [-0.25, -0.2) is 0 Å². The Morgan fingerprint density at radius 3 is 2.71 bits per heavy atom. The first kappa shape index (κ1) is 15.7. The van der Waals surface area contributed by atoms with Crippen molar-refractivity contribution >= 4 is 0 Å². The second-order valence-electron chi connectivity index (χ2n) is 5.61. The van der Waals surface area contributed by atoms with E-state index in [9.17, 15) is 0 Å². The molecule has 1 heterocycles. The first-order chi connectivity index (χ1) is 10.3. The van der Waals surface area contributed by atoms with Gasteiger partial charge in [0.1, 0.15) is 0 Å². The van der Waals surface area contributed by atoms with E-state index in [0.717, 1.165) is 19.4 Å². The minimum absolute atomic E-state index is 0.254. The number of benzene rings is 1. The standard InChI is InChI=1S/C19H26N2/c1-4-7-16-8-6-9-17(13-16)19(21-11-5-2)18-10-12-20-14-15(18)3/h6,8-10,12-14,19,21H,4-5,7,11H2,1-3H3. The fourth-order valence-electron chi connectivity index (χ4n) is 2.72. The maximum Gasteiger partial charge on any atom is 0.0580 e. The zero-order valence-corrected chi connectivity index (χ0v) is 13.4. The molecule has 2 heteroatoms. The molecule has 0 spiro atoms. The number of rotatable bonds is 7. The number of hydrogen-bond donors (Lipinski definition) is 1. The van der Waals surface area contributed by atoms with Crippen molar-refractivity contribution in [2.45, 2.75) is 46.1 Å². The van der Waals surface area contributed by atoms with Crippen LogP contribution in [-0.4, -0.2) is 11.5 Å². The average Bonchev–Trinajstić information content (AvgIpc) is 2.50. The molecule has 0 fully saturated rings. The molecular formula is C19H26N2. The molecule has 112 valence electrons. The van der Waals surface area contributed by atoms with Gasteiger partial charge in [-0.05, 0) is 54.6 Å². The molecule has 0 saturated heterocycles. The van der Waals surface area contributed by atoms with Gasteiger partial charge >= 0.3 is 0 Å². The summed E-state index contributed by atoms with van der Waals surface area (Å²) in [6.07, 6.45) is 7.30. The normalized spacial score (nSPS) is 12.3. The van der Waals surface area contributed by atoms with E-state index in [-0.39, 0.29) is 6.04 Å². The molecule has 1 aromatic carbocycles. The molecule has 1 N–H and O–H groups in total. The van der Waals surface area contributed by atoms with E-state index < -0.39 is 0 Å². The van der Waals surface area contributed by atoms with Crippen LogP contribution in [-0.2, 0) is 6.42 Å². The highest BCUT2D eigenvalue weighted by atomic mass is 14.9. The van der Waals surface area contributed by atoms with Crippen LogP contribution in [0.15, 0.2) is 42.7 Å². The Kier molecular flexibility index (Phi) is 5.94. The quantitative estimate of drug-likeness (QED) is 0.812. The summed E-state index contributed by atoms with van der Waals surface area (Å²) < 4.78 is 0. The van der Waals surface area contributed by atoms with Gasteiger partial charge in [-0.15, -0.1) is 0 Å². The Labute approximate surface area is 128 Å². The predicted molar refractivity (Wildman–Crippen MR) is 89.5 cm³/mol. The molecule has 2 rings (SSSR count). The highest BCUT2D eigenvalue weighted by molar-refractivity contribution is 5.37. The summed E-state index contributed by atoms with van der Waals surface area (Å²) in [5.74, 6) is 0. The molecule has 2 nitrogen and oxygen atoms in total. The molecule has 0 amide bonds. The SMILES string of the molecule is CCCNC(c1cccc(CCC)c1)c1ccncc1C. The summed E-state index contributed by atoms with van der Waals surface area (Å²) in [5.41, 5.74) is 5.34. The van der Waals surface area contributed by atoms with Crippen molar-refractivity contribution in [3.05, 3.63) is 65.0 Å². The van der Waals surface area contributed by atoms with E-state index in [0.29, 0.717) is 0 Å². The third kappa shape index (κ3) is 4.15. The number of nitrogens with zero attached hydrogens (tertiary/aromatic N) is 1. The Bertz CT molecular complexity index is 563. The van der Waals surface area contributed by atoms with Gasteiger partial charge in [-0.3, -0.25) is 4.98 Å². The van der Waals surface area contributed by atoms with Crippen molar-refractivity contribution < 1.29 is 0 Å². The highest BCUT2D eigenvalue weighted by Crippen LogP contribution is 2.25. The number of aromatic nitrogens is 1. The van der Waals surface area contributed by atoms with Crippen LogP contribution in [0.4, 0.5) is 0 Å². The smallest absolute Gasteiger partial charge is 0.0580 e. The van der Waals surface area contributed by atoms with Crippen molar-refractivity contribution in [2.75, 3.05) is 6.54 Å². The Morgan fingerprint density at radius 1 is 1.14 bits per heavy atom. The number of nitrogens with one attached hydrogen (secondary N) is 1. The van der Waals surface area contributed by atoms with Crippen molar-refractivity contribution in [3.8, 4) is 0 Å². The van der Waals surface area contributed by atoms with Gasteiger partial charge in [0.15, 0.2) is 0 Å². The Morgan fingerprint density at radius 2 is 2.00 bits per heavy atom. The highest BCUT2D eigenvalue weighted by Gasteiger charge is 2.15. The van der Waals surface area contributed by atoms with Crippen molar-refractivity contribution in [3.63, 3.8) is 0 Å². The second-order valence-corrected chi connectivity index (χ2v) is 5.61. The molecule has 0 saturated carbocycles.